The summed E-state index contributed by atoms with van der Waals surface area (Å²) in [6.07, 6.45) is 0.308. The number of hydrogen-bond donors (Lipinski definition) is 1. The van der Waals surface area contributed by atoms with Gasteiger partial charge in [-0.2, -0.15) is 0 Å². The summed E-state index contributed by atoms with van der Waals surface area (Å²) >= 11 is 0. The van der Waals surface area contributed by atoms with E-state index in [0.29, 0.717) is 18.5 Å². The molecule has 5 nitrogen and oxygen atoms in total. The molecule has 114 valence electrons. The summed E-state index contributed by atoms with van der Waals surface area (Å²) in [4.78, 5) is 24.9. The third-order valence-electron chi connectivity index (χ3n) is 2.82. The van der Waals surface area contributed by atoms with Crippen molar-refractivity contribution >= 4 is 17.6 Å². The number of amides is 1. The molecule has 0 saturated heterocycles. The summed E-state index contributed by atoms with van der Waals surface area (Å²) in [5.41, 5.74) is 2.38. The van der Waals surface area contributed by atoms with Gasteiger partial charge in [0, 0.05) is 25.4 Å². The monoisotopic (exact) mass is 290 g/mol. The van der Waals surface area contributed by atoms with Crippen molar-refractivity contribution in [1.29, 1.82) is 0 Å². The predicted molar refractivity (Wildman–Crippen MR) is 83.3 cm³/mol. The van der Waals surface area contributed by atoms with E-state index in [1.165, 1.54) is 0 Å². The Morgan fingerprint density at radius 1 is 1.24 bits per heavy atom. The second kappa shape index (κ2) is 8.09. The van der Waals surface area contributed by atoms with Crippen LogP contribution in [0.2, 0.25) is 0 Å². The fourth-order valence-electron chi connectivity index (χ4n) is 1.62. The molecular formula is C16H22N2O3. The molecule has 0 fully saturated rings. The number of anilines is 1. The molecule has 1 rings (SSSR count). The first-order chi connectivity index (χ1) is 9.90. The first-order valence-electron chi connectivity index (χ1n) is 6.75. The lowest BCUT2D eigenvalue weighted by Gasteiger charge is -2.12. The van der Waals surface area contributed by atoms with Gasteiger partial charge in [0.25, 0.3) is 0 Å². The van der Waals surface area contributed by atoms with Crippen molar-refractivity contribution in [2.24, 2.45) is 0 Å². The molecule has 0 bridgehead atoms. The molecule has 5 heteroatoms. The average Bonchev–Trinajstić information content (AvgIpc) is 2.43. The second-order valence-electron chi connectivity index (χ2n) is 5.00. The van der Waals surface area contributed by atoms with E-state index in [9.17, 15) is 9.59 Å². The molecule has 0 aromatic heterocycles. The van der Waals surface area contributed by atoms with Gasteiger partial charge in [0.2, 0.25) is 5.91 Å². The topological polar surface area (TPSA) is 58.6 Å². The Kier molecular flexibility index (Phi) is 6.46. The lowest BCUT2D eigenvalue weighted by molar-refractivity contribution is -0.139. The van der Waals surface area contributed by atoms with Crippen molar-refractivity contribution in [3.63, 3.8) is 0 Å². The minimum absolute atomic E-state index is 0.0982. The van der Waals surface area contributed by atoms with Gasteiger partial charge in [-0.05, 0) is 24.6 Å². The molecule has 0 unspecified atom stereocenters. The maximum Gasteiger partial charge on any atom is 0.333 e. The summed E-state index contributed by atoms with van der Waals surface area (Å²) in [6, 6.07) is 7.79. The van der Waals surface area contributed by atoms with Gasteiger partial charge in [-0.3, -0.25) is 4.79 Å². The Morgan fingerprint density at radius 3 is 2.38 bits per heavy atom. The van der Waals surface area contributed by atoms with E-state index in [4.69, 9.17) is 4.74 Å². The zero-order valence-electron chi connectivity index (χ0n) is 12.8. The van der Waals surface area contributed by atoms with Crippen LogP contribution in [0.3, 0.4) is 0 Å². The largest absolute Gasteiger partial charge is 0.460 e. The number of ether oxygens (including phenoxy) is 1. The fourth-order valence-corrected chi connectivity index (χ4v) is 1.62. The van der Waals surface area contributed by atoms with Crippen molar-refractivity contribution in [2.75, 3.05) is 32.1 Å². The molecule has 1 aromatic rings. The number of nitrogens with one attached hydrogen (secondary N) is 1. The molecule has 0 aliphatic rings. The number of hydrogen-bond acceptors (Lipinski definition) is 4. The van der Waals surface area contributed by atoms with Crippen molar-refractivity contribution in [3.8, 4) is 0 Å². The van der Waals surface area contributed by atoms with E-state index >= 15 is 0 Å². The van der Waals surface area contributed by atoms with Crippen molar-refractivity contribution in [1.82, 2.24) is 5.32 Å². The Balaban J connectivity index is 2.30. The van der Waals surface area contributed by atoms with Gasteiger partial charge in [-0.15, -0.1) is 0 Å². The van der Waals surface area contributed by atoms with E-state index in [0.717, 1.165) is 11.3 Å². The fraction of sp³-hybridized carbons (Fsp3) is 0.375. The molecule has 0 radical (unpaired) electrons. The predicted octanol–water partition coefficient (Wildman–Crippen LogP) is 1.53. The summed E-state index contributed by atoms with van der Waals surface area (Å²) in [7, 11) is 3.93. The minimum atomic E-state index is -0.441. The van der Waals surface area contributed by atoms with Crippen molar-refractivity contribution in [3.05, 3.63) is 42.0 Å². The average molecular weight is 290 g/mol. The van der Waals surface area contributed by atoms with E-state index in [1.807, 2.05) is 43.3 Å². The number of esters is 1. The molecule has 0 aliphatic heterocycles. The summed E-state index contributed by atoms with van der Waals surface area (Å²) in [6.45, 7) is 5.51. The SMILES string of the molecule is C=C(C)C(=O)OCCNC(=O)Cc1ccc(N(C)C)cc1. The molecule has 0 heterocycles. The lowest BCUT2D eigenvalue weighted by atomic mass is 10.1. The van der Waals surface area contributed by atoms with Crippen LogP contribution in [0.1, 0.15) is 12.5 Å². The zero-order valence-corrected chi connectivity index (χ0v) is 12.8. The van der Waals surface area contributed by atoms with Gasteiger partial charge in [0.05, 0.1) is 13.0 Å². The number of rotatable bonds is 7. The molecule has 21 heavy (non-hydrogen) atoms. The molecule has 1 N–H and O–H groups in total. The van der Waals surface area contributed by atoms with E-state index < -0.39 is 5.97 Å². The Bertz CT molecular complexity index is 507. The highest BCUT2D eigenvalue weighted by molar-refractivity contribution is 5.87. The van der Waals surface area contributed by atoms with E-state index in [2.05, 4.69) is 11.9 Å². The maximum atomic E-state index is 11.7. The van der Waals surface area contributed by atoms with Gasteiger partial charge in [0.1, 0.15) is 6.61 Å². The molecule has 0 saturated carbocycles. The van der Waals surface area contributed by atoms with Crippen molar-refractivity contribution in [2.45, 2.75) is 13.3 Å². The highest BCUT2D eigenvalue weighted by Crippen LogP contribution is 2.12. The third-order valence-corrected chi connectivity index (χ3v) is 2.82. The van der Waals surface area contributed by atoms with E-state index in [1.54, 1.807) is 6.92 Å². The number of carbonyl (C=O) groups is 2. The first kappa shape index (κ1) is 16.8. The summed E-state index contributed by atoms with van der Waals surface area (Å²) in [5.74, 6) is -0.539. The van der Waals surface area contributed by atoms with Crippen LogP contribution in [0.25, 0.3) is 0 Å². The van der Waals surface area contributed by atoms with E-state index in [-0.39, 0.29) is 12.5 Å². The molecule has 0 spiro atoms. The van der Waals surface area contributed by atoms with Crippen LogP contribution in [-0.2, 0) is 20.7 Å². The maximum absolute atomic E-state index is 11.7. The number of nitrogens with zero attached hydrogens (tertiary/aromatic N) is 1. The zero-order chi connectivity index (χ0) is 15.8. The van der Waals surface area contributed by atoms with Crippen LogP contribution < -0.4 is 10.2 Å². The van der Waals surface area contributed by atoms with Crippen LogP contribution in [-0.4, -0.2) is 39.1 Å². The minimum Gasteiger partial charge on any atom is -0.460 e. The summed E-state index contributed by atoms with van der Waals surface area (Å²) < 4.78 is 4.89. The number of benzene rings is 1. The van der Waals surface area contributed by atoms with Crippen LogP contribution in [0.5, 0.6) is 0 Å². The number of carbonyl (C=O) groups excluding carboxylic acids is 2. The molecular weight excluding hydrogens is 268 g/mol. The Labute approximate surface area is 125 Å². The summed E-state index contributed by atoms with van der Waals surface area (Å²) in [5, 5.41) is 2.71. The van der Waals surface area contributed by atoms with Crippen LogP contribution >= 0.6 is 0 Å². The molecule has 1 aromatic carbocycles. The molecule has 0 aliphatic carbocycles. The van der Waals surface area contributed by atoms with Crippen LogP contribution in [0.4, 0.5) is 5.69 Å². The van der Waals surface area contributed by atoms with Gasteiger partial charge in [0.15, 0.2) is 0 Å². The molecule has 0 atom stereocenters. The Hall–Kier alpha value is -2.30. The standard InChI is InChI=1S/C16H22N2O3/c1-12(2)16(20)21-10-9-17-15(19)11-13-5-7-14(8-6-13)18(3)4/h5-8H,1,9-11H2,2-4H3,(H,17,19). The first-order valence-corrected chi connectivity index (χ1v) is 6.75. The molecule has 1 amide bonds. The lowest BCUT2D eigenvalue weighted by Crippen LogP contribution is -2.29. The second-order valence-corrected chi connectivity index (χ2v) is 5.00. The van der Waals surface area contributed by atoms with Crippen LogP contribution in [0, 0.1) is 0 Å². The highest BCUT2D eigenvalue weighted by Gasteiger charge is 2.05. The smallest absolute Gasteiger partial charge is 0.333 e. The van der Waals surface area contributed by atoms with Gasteiger partial charge < -0.3 is 15.0 Å². The van der Waals surface area contributed by atoms with Crippen molar-refractivity contribution < 1.29 is 14.3 Å². The van der Waals surface area contributed by atoms with Gasteiger partial charge in [-0.1, -0.05) is 18.7 Å². The van der Waals surface area contributed by atoms with Gasteiger partial charge >= 0.3 is 5.97 Å². The highest BCUT2D eigenvalue weighted by atomic mass is 16.5. The third kappa shape index (κ3) is 6.12. The Morgan fingerprint density at radius 2 is 1.86 bits per heavy atom. The van der Waals surface area contributed by atoms with Crippen LogP contribution in [0.15, 0.2) is 36.4 Å². The normalized spacial score (nSPS) is 9.86. The van der Waals surface area contributed by atoms with Gasteiger partial charge in [-0.25, -0.2) is 4.79 Å². The quantitative estimate of drug-likeness (QED) is 0.470.